The zero-order valence-corrected chi connectivity index (χ0v) is 18.8. The van der Waals surface area contributed by atoms with E-state index >= 15 is 0 Å². The van der Waals surface area contributed by atoms with Gasteiger partial charge < -0.3 is 14.7 Å². The van der Waals surface area contributed by atoms with E-state index in [0.29, 0.717) is 11.3 Å². The number of ketones is 1. The number of carbonyl (C=O) groups excluding carboxylic acids is 1. The van der Waals surface area contributed by atoms with Crippen molar-refractivity contribution >= 4 is 17.2 Å². The fraction of sp³-hybridized carbons (Fsp3) is 0.480. The van der Waals surface area contributed by atoms with Gasteiger partial charge in [0.05, 0.1) is 24.6 Å². The van der Waals surface area contributed by atoms with Gasteiger partial charge in [0.2, 0.25) is 0 Å². The lowest BCUT2D eigenvalue weighted by Gasteiger charge is -2.14. The number of nitrogens with zero attached hydrogens (tertiary/aromatic N) is 3. The van der Waals surface area contributed by atoms with Crippen LogP contribution in [0.25, 0.3) is 0 Å². The Hall–Kier alpha value is -2.57. The Labute approximate surface area is 186 Å². The van der Waals surface area contributed by atoms with Crippen LogP contribution in [0.5, 0.6) is 5.75 Å². The number of Topliss-reactive ketones (excluding diaryl/α,β-unsaturated/α-hetero) is 1. The number of carbonyl (C=O) groups is 1. The summed E-state index contributed by atoms with van der Waals surface area (Å²) in [5.74, 6) is 0.883. The summed E-state index contributed by atoms with van der Waals surface area (Å²) in [6, 6.07) is 14.7. The number of rotatable bonds is 15. The Kier molecular flexibility index (Phi) is 11.5. The van der Waals surface area contributed by atoms with Gasteiger partial charge in [-0.2, -0.15) is 10.2 Å². The van der Waals surface area contributed by atoms with Gasteiger partial charge in [-0.15, -0.1) is 0 Å². The molecule has 0 bridgehead atoms. The SMILES string of the molecule is CC(=O)c1ccc(N=Nc2ccc(OCCCCCCCCN(C)CCO)cc2)cc1. The molecule has 168 valence electrons. The van der Waals surface area contributed by atoms with Crippen LogP contribution in [-0.4, -0.2) is 49.1 Å². The van der Waals surface area contributed by atoms with Crippen LogP contribution < -0.4 is 4.74 Å². The molecule has 6 heteroatoms. The van der Waals surface area contributed by atoms with Gasteiger partial charge >= 0.3 is 0 Å². The van der Waals surface area contributed by atoms with E-state index in [1.54, 1.807) is 31.2 Å². The number of hydrogen-bond acceptors (Lipinski definition) is 6. The molecule has 0 aromatic heterocycles. The van der Waals surface area contributed by atoms with E-state index < -0.39 is 0 Å². The molecule has 2 aromatic rings. The number of unbranched alkanes of at least 4 members (excludes halogenated alkanes) is 5. The normalized spacial score (nSPS) is 11.4. The van der Waals surface area contributed by atoms with Gasteiger partial charge in [-0.05, 0) is 81.9 Å². The Morgan fingerprint density at radius 1 is 0.839 bits per heavy atom. The summed E-state index contributed by atoms with van der Waals surface area (Å²) in [5.41, 5.74) is 2.14. The van der Waals surface area contributed by atoms with E-state index in [1.807, 2.05) is 24.3 Å². The average Bonchev–Trinajstić information content (AvgIpc) is 2.78. The monoisotopic (exact) mass is 425 g/mol. The summed E-state index contributed by atoms with van der Waals surface area (Å²) in [6.07, 6.45) is 7.17. The number of azo groups is 1. The van der Waals surface area contributed by atoms with E-state index in [2.05, 4.69) is 22.2 Å². The van der Waals surface area contributed by atoms with Crippen LogP contribution in [0.3, 0.4) is 0 Å². The van der Waals surface area contributed by atoms with Crippen LogP contribution in [0.15, 0.2) is 58.8 Å². The highest BCUT2D eigenvalue weighted by Crippen LogP contribution is 2.22. The minimum atomic E-state index is 0.0393. The number of aliphatic hydroxyl groups excluding tert-OH is 1. The molecule has 0 atom stereocenters. The first-order valence-electron chi connectivity index (χ1n) is 11.1. The van der Waals surface area contributed by atoms with Gasteiger partial charge in [0.15, 0.2) is 5.78 Å². The second kappa shape index (κ2) is 14.4. The van der Waals surface area contributed by atoms with Crippen molar-refractivity contribution in [1.82, 2.24) is 4.90 Å². The maximum Gasteiger partial charge on any atom is 0.159 e. The largest absolute Gasteiger partial charge is 0.494 e. The molecule has 1 N–H and O–H groups in total. The van der Waals surface area contributed by atoms with E-state index in [0.717, 1.165) is 37.6 Å². The average molecular weight is 426 g/mol. The molecule has 0 heterocycles. The van der Waals surface area contributed by atoms with Crippen molar-refractivity contribution in [3.05, 3.63) is 54.1 Å². The Balaban J connectivity index is 1.58. The van der Waals surface area contributed by atoms with Crippen LogP contribution in [0.1, 0.15) is 55.8 Å². The van der Waals surface area contributed by atoms with E-state index in [9.17, 15) is 4.79 Å². The fourth-order valence-corrected chi connectivity index (χ4v) is 3.15. The molecule has 0 spiro atoms. The molecule has 0 radical (unpaired) electrons. The van der Waals surface area contributed by atoms with Crippen LogP contribution in [0.2, 0.25) is 0 Å². The molecule has 2 aromatic carbocycles. The smallest absolute Gasteiger partial charge is 0.159 e. The molecule has 0 saturated heterocycles. The molecule has 0 saturated carbocycles. The van der Waals surface area contributed by atoms with Crippen LogP contribution in [0.4, 0.5) is 11.4 Å². The topological polar surface area (TPSA) is 74.5 Å². The first-order chi connectivity index (χ1) is 15.1. The number of likely N-dealkylation sites (N-methyl/N-ethyl adjacent to an activating group) is 1. The lowest BCUT2D eigenvalue weighted by atomic mass is 10.1. The molecule has 0 aliphatic carbocycles. The van der Waals surface area contributed by atoms with Gasteiger partial charge in [-0.1, -0.05) is 25.7 Å². The summed E-state index contributed by atoms with van der Waals surface area (Å²) < 4.78 is 5.81. The molecule has 0 amide bonds. The summed E-state index contributed by atoms with van der Waals surface area (Å²) >= 11 is 0. The Morgan fingerprint density at radius 2 is 1.39 bits per heavy atom. The molecule has 0 aliphatic rings. The minimum absolute atomic E-state index is 0.0393. The van der Waals surface area contributed by atoms with Crippen LogP contribution in [0, 0.1) is 0 Å². The van der Waals surface area contributed by atoms with Crippen molar-refractivity contribution in [3.63, 3.8) is 0 Å². The summed E-state index contributed by atoms with van der Waals surface area (Å²) in [4.78, 5) is 13.5. The zero-order chi connectivity index (χ0) is 22.3. The van der Waals surface area contributed by atoms with Crippen molar-refractivity contribution in [1.29, 1.82) is 0 Å². The molecular formula is C25H35N3O3. The first kappa shape index (κ1) is 24.7. The highest BCUT2D eigenvalue weighted by Gasteiger charge is 2.00. The Bertz CT molecular complexity index is 789. The third kappa shape index (κ3) is 10.3. The van der Waals surface area contributed by atoms with E-state index in [1.165, 1.54) is 32.1 Å². The molecule has 6 nitrogen and oxygen atoms in total. The van der Waals surface area contributed by atoms with Crippen molar-refractivity contribution < 1.29 is 14.6 Å². The third-order valence-corrected chi connectivity index (χ3v) is 5.08. The molecule has 0 fully saturated rings. The standard InChI is InChI=1S/C25H35N3O3/c1-21(30)22-9-11-23(12-10-22)26-27-24-13-15-25(16-14-24)31-20-8-6-4-3-5-7-17-28(2)18-19-29/h9-16,29H,3-8,17-20H2,1-2H3. The second-order valence-corrected chi connectivity index (χ2v) is 7.79. The van der Waals surface area contributed by atoms with Gasteiger partial charge in [0, 0.05) is 12.1 Å². The maximum atomic E-state index is 11.3. The molecule has 31 heavy (non-hydrogen) atoms. The summed E-state index contributed by atoms with van der Waals surface area (Å²) in [7, 11) is 2.05. The quantitative estimate of drug-likeness (QED) is 0.217. The van der Waals surface area contributed by atoms with Crippen molar-refractivity contribution in [2.24, 2.45) is 10.2 Å². The van der Waals surface area contributed by atoms with Gasteiger partial charge in [-0.3, -0.25) is 4.79 Å². The lowest BCUT2D eigenvalue weighted by molar-refractivity contribution is 0.101. The van der Waals surface area contributed by atoms with Crippen LogP contribution >= 0.6 is 0 Å². The molecule has 0 aliphatic heterocycles. The maximum absolute atomic E-state index is 11.3. The summed E-state index contributed by atoms with van der Waals surface area (Å²) in [6.45, 7) is 4.33. The first-order valence-corrected chi connectivity index (χ1v) is 11.1. The Morgan fingerprint density at radius 3 is 1.97 bits per heavy atom. The van der Waals surface area contributed by atoms with Crippen molar-refractivity contribution in [2.75, 3.05) is 33.4 Å². The highest BCUT2D eigenvalue weighted by molar-refractivity contribution is 5.94. The predicted molar refractivity (Wildman–Crippen MR) is 125 cm³/mol. The predicted octanol–water partition coefficient (Wildman–Crippen LogP) is 5.95. The minimum Gasteiger partial charge on any atom is -0.494 e. The van der Waals surface area contributed by atoms with E-state index in [4.69, 9.17) is 9.84 Å². The van der Waals surface area contributed by atoms with Crippen LogP contribution in [-0.2, 0) is 0 Å². The number of aliphatic hydroxyl groups is 1. The zero-order valence-electron chi connectivity index (χ0n) is 18.8. The highest BCUT2D eigenvalue weighted by atomic mass is 16.5. The van der Waals surface area contributed by atoms with Crippen molar-refractivity contribution in [2.45, 2.75) is 45.4 Å². The lowest BCUT2D eigenvalue weighted by Crippen LogP contribution is -2.23. The van der Waals surface area contributed by atoms with Crippen molar-refractivity contribution in [3.8, 4) is 5.75 Å². The van der Waals surface area contributed by atoms with E-state index in [-0.39, 0.29) is 12.4 Å². The molecule has 2 rings (SSSR count). The van der Waals surface area contributed by atoms with Gasteiger partial charge in [-0.25, -0.2) is 0 Å². The third-order valence-electron chi connectivity index (χ3n) is 5.08. The van der Waals surface area contributed by atoms with Gasteiger partial charge in [0.1, 0.15) is 5.75 Å². The second-order valence-electron chi connectivity index (χ2n) is 7.79. The number of hydrogen-bond donors (Lipinski definition) is 1. The number of ether oxygens (including phenoxy) is 1. The molecular weight excluding hydrogens is 390 g/mol. The number of benzene rings is 2. The molecule has 0 unspecified atom stereocenters. The fourth-order valence-electron chi connectivity index (χ4n) is 3.15. The summed E-state index contributed by atoms with van der Waals surface area (Å²) in [5, 5.41) is 17.3. The van der Waals surface area contributed by atoms with Gasteiger partial charge in [0.25, 0.3) is 0 Å².